The highest BCUT2D eigenvalue weighted by Gasteiger charge is 2.16. The van der Waals surface area contributed by atoms with Gasteiger partial charge in [-0.05, 0) is 12.1 Å². The summed E-state index contributed by atoms with van der Waals surface area (Å²) in [4.78, 5) is 7.11. The average molecular weight is 290 g/mol. The third-order valence-electron chi connectivity index (χ3n) is 3.19. The van der Waals surface area contributed by atoms with Gasteiger partial charge in [-0.25, -0.2) is 13.8 Å². The van der Waals surface area contributed by atoms with E-state index < -0.39 is 11.6 Å². The molecule has 2 aromatic carbocycles. The van der Waals surface area contributed by atoms with Crippen molar-refractivity contribution in [1.82, 2.24) is 9.97 Å². The lowest BCUT2D eigenvalue weighted by Crippen LogP contribution is -1.90. The Kier molecular flexibility index (Phi) is 3.21. The first kappa shape index (κ1) is 13.4. The van der Waals surface area contributed by atoms with Crippen LogP contribution >= 0.6 is 0 Å². The number of rotatable bonds is 3. The SMILES string of the molecule is COc1cc2nc(-c3c(F)cccc3F)[nH]c2cc1OC. The third kappa shape index (κ3) is 2.18. The summed E-state index contributed by atoms with van der Waals surface area (Å²) in [5.74, 6) is -0.219. The second-order valence-corrected chi connectivity index (χ2v) is 4.41. The van der Waals surface area contributed by atoms with Crippen LogP contribution in [0.4, 0.5) is 8.78 Å². The van der Waals surface area contributed by atoms with Gasteiger partial charge in [0.25, 0.3) is 0 Å². The van der Waals surface area contributed by atoms with Gasteiger partial charge in [-0.2, -0.15) is 0 Å². The van der Waals surface area contributed by atoms with Crippen LogP contribution in [-0.2, 0) is 0 Å². The summed E-state index contributed by atoms with van der Waals surface area (Å²) < 4.78 is 38.0. The Morgan fingerprint density at radius 1 is 1.00 bits per heavy atom. The summed E-state index contributed by atoms with van der Waals surface area (Å²) >= 11 is 0. The maximum Gasteiger partial charge on any atom is 0.163 e. The summed E-state index contributed by atoms with van der Waals surface area (Å²) in [6.07, 6.45) is 0. The van der Waals surface area contributed by atoms with Crippen molar-refractivity contribution in [2.24, 2.45) is 0 Å². The minimum absolute atomic E-state index is 0.121. The van der Waals surface area contributed by atoms with Crippen LogP contribution in [0.2, 0.25) is 0 Å². The molecule has 0 atom stereocenters. The molecule has 0 unspecified atom stereocenters. The highest BCUT2D eigenvalue weighted by atomic mass is 19.1. The molecule has 1 aromatic heterocycles. The fourth-order valence-corrected chi connectivity index (χ4v) is 2.18. The quantitative estimate of drug-likeness (QED) is 0.802. The van der Waals surface area contributed by atoms with Gasteiger partial charge in [0, 0.05) is 12.1 Å². The zero-order valence-corrected chi connectivity index (χ0v) is 11.4. The molecule has 3 rings (SSSR count). The van der Waals surface area contributed by atoms with Crippen molar-refractivity contribution in [3.63, 3.8) is 0 Å². The first-order valence-corrected chi connectivity index (χ1v) is 6.20. The Hall–Kier alpha value is -2.63. The molecule has 21 heavy (non-hydrogen) atoms. The van der Waals surface area contributed by atoms with Crippen LogP contribution in [0.3, 0.4) is 0 Å². The predicted octanol–water partition coefficient (Wildman–Crippen LogP) is 3.53. The Bertz CT molecular complexity index is 754. The molecule has 0 fully saturated rings. The summed E-state index contributed by atoms with van der Waals surface area (Å²) in [7, 11) is 3.02. The van der Waals surface area contributed by atoms with E-state index >= 15 is 0 Å². The molecule has 4 nitrogen and oxygen atoms in total. The van der Waals surface area contributed by atoms with Crippen LogP contribution in [0.5, 0.6) is 11.5 Å². The monoisotopic (exact) mass is 290 g/mol. The van der Waals surface area contributed by atoms with Gasteiger partial charge in [0.05, 0.1) is 30.8 Å². The van der Waals surface area contributed by atoms with E-state index in [-0.39, 0.29) is 11.4 Å². The molecule has 0 radical (unpaired) electrons. The minimum atomic E-state index is -0.673. The van der Waals surface area contributed by atoms with Gasteiger partial charge in [-0.3, -0.25) is 0 Å². The van der Waals surface area contributed by atoms with E-state index in [0.717, 1.165) is 0 Å². The standard InChI is InChI=1S/C15H12F2N2O2/c1-20-12-6-10-11(7-13(12)21-2)19-15(18-10)14-8(16)4-3-5-9(14)17/h3-7H,1-2H3,(H,18,19). The maximum absolute atomic E-state index is 13.8. The molecule has 0 saturated carbocycles. The van der Waals surface area contributed by atoms with E-state index in [1.807, 2.05) is 0 Å². The Morgan fingerprint density at radius 2 is 1.62 bits per heavy atom. The van der Waals surface area contributed by atoms with Gasteiger partial charge < -0.3 is 14.5 Å². The van der Waals surface area contributed by atoms with Crippen molar-refractivity contribution in [2.75, 3.05) is 14.2 Å². The van der Waals surface area contributed by atoms with Crippen LogP contribution in [0, 0.1) is 11.6 Å². The van der Waals surface area contributed by atoms with Gasteiger partial charge in [0.15, 0.2) is 11.5 Å². The first-order chi connectivity index (χ1) is 10.1. The molecule has 1 heterocycles. The van der Waals surface area contributed by atoms with E-state index in [1.165, 1.54) is 32.4 Å². The van der Waals surface area contributed by atoms with Gasteiger partial charge in [-0.1, -0.05) is 6.07 Å². The zero-order valence-electron chi connectivity index (χ0n) is 11.4. The number of methoxy groups -OCH3 is 2. The van der Waals surface area contributed by atoms with Crippen LogP contribution in [0.15, 0.2) is 30.3 Å². The largest absolute Gasteiger partial charge is 0.493 e. The number of halogens is 2. The number of hydrogen-bond donors (Lipinski definition) is 1. The molecule has 6 heteroatoms. The van der Waals surface area contributed by atoms with Crippen molar-refractivity contribution in [1.29, 1.82) is 0 Å². The van der Waals surface area contributed by atoms with Gasteiger partial charge in [-0.15, -0.1) is 0 Å². The number of nitrogens with one attached hydrogen (secondary N) is 1. The molecule has 0 saturated heterocycles. The van der Waals surface area contributed by atoms with Crippen molar-refractivity contribution in [3.8, 4) is 22.9 Å². The highest BCUT2D eigenvalue weighted by Crippen LogP contribution is 2.33. The number of ether oxygens (including phenoxy) is 2. The number of fused-ring (bicyclic) bond motifs is 1. The number of H-pyrrole nitrogens is 1. The molecule has 0 aliphatic rings. The summed E-state index contributed by atoms with van der Waals surface area (Å²) in [6.45, 7) is 0. The lowest BCUT2D eigenvalue weighted by Gasteiger charge is -2.06. The van der Waals surface area contributed by atoms with E-state index in [4.69, 9.17) is 9.47 Å². The molecular formula is C15H12F2N2O2. The van der Waals surface area contributed by atoms with Crippen LogP contribution in [-0.4, -0.2) is 24.2 Å². The van der Waals surface area contributed by atoms with Gasteiger partial charge in [0.2, 0.25) is 0 Å². The van der Waals surface area contributed by atoms with E-state index in [2.05, 4.69) is 9.97 Å². The molecular weight excluding hydrogens is 278 g/mol. The number of benzene rings is 2. The molecule has 0 aliphatic heterocycles. The first-order valence-electron chi connectivity index (χ1n) is 6.20. The number of aromatic nitrogens is 2. The van der Waals surface area contributed by atoms with Gasteiger partial charge >= 0.3 is 0 Å². The summed E-state index contributed by atoms with van der Waals surface area (Å²) in [5, 5.41) is 0. The molecule has 3 aromatic rings. The fourth-order valence-electron chi connectivity index (χ4n) is 2.18. The maximum atomic E-state index is 13.8. The normalized spacial score (nSPS) is 10.9. The van der Waals surface area contributed by atoms with E-state index in [9.17, 15) is 8.78 Å². The lowest BCUT2D eigenvalue weighted by atomic mass is 10.2. The topological polar surface area (TPSA) is 47.1 Å². The average Bonchev–Trinajstić information content (AvgIpc) is 2.87. The Balaban J connectivity index is 2.22. The molecule has 0 amide bonds. The number of nitrogens with zero attached hydrogens (tertiary/aromatic N) is 1. The van der Waals surface area contributed by atoms with Crippen molar-refractivity contribution in [2.45, 2.75) is 0 Å². The lowest BCUT2D eigenvalue weighted by molar-refractivity contribution is 0.356. The fraction of sp³-hybridized carbons (Fsp3) is 0.133. The van der Waals surface area contributed by atoms with Crippen LogP contribution in [0.1, 0.15) is 0 Å². The van der Waals surface area contributed by atoms with Gasteiger partial charge in [0.1, 0.15) is 17.5 Å². The highest BCUT2D eigenvalue weighted by molar-refractivity contribution is 5.83. The van der Waals surface area contributed by atoms with Crippen LogP contribution in [0.25, 0.3) is 22.4 Å². The molecule has 0 bridgehead atoms. The molecule has 0 spiro atoms. The predicted molar refractivity (Wildman–Crippen MR) is 74.5 cm³/mol. The molecule has 0 aliphatic carbocycles. The van der Waals surface area contributed by atoms with Crippen LogP contribution < -0.4 is 9.47 Å². The summed E-state index contributed by atoms with van der Waals surface area (Å²) in [5.41, 5.74) is 0.947. The Labute approximate surface area is 119 Å². The molecule has 108 valence electrons. The second-order valence-electron chi connectivity index (χ2n) is 4.41. The molecule has 1 N–H and O–H groups in total. The Morgan fingerprint density at radius 3 is 2.24 bits per heavy atom. The van der Waals surface area contributed by atoms with Crippen molar-refractivity contribution in [3.05, 3.63) is 42.0 Å². The van der Waals surface area contributed by atoms with E-state index in [1.54, 1.807) is 12.1 Å². The smallest absolute Gasteiger partial charge is 0.163 e. The minimum Gasteiger partial charge on any atom is -0.493 e. The van der Waals surface area contributed by atoms with Crippen molar-refractivity contribution >= 4 is 11.0 Å². The second kappa shape index (κ2) is 5.05. The number of aromatic amines is 1. The zero-order chi connectivity index (χ0) is 15.0. The summed E-state index contributed by atoms with van der Waals surface area (Å²) in [6, 6.07) is 7.00. The van der Waals surface area contributed by atoms with E-state index in [0.29, 0.717) is 22.5 Å². The number of hydrogen-bond acceptors (Lipinski definition) is 3. The van der Waals surface area contributed by atoms with Crippen molar-refractivity contribution < 1.29 is 18.3 Å². The third-order valence-corrected chi connectivity index (χ3v) is 3.19. The number of imidazole rings is 1.